The number of aryl methyl sites for hydroxylation is 1. The maximum atomic E-state index is 12.1. The van der Waals surface area contributed by atoms with E-state index in [1.807, 2.05) is 13.0 Å². The Morgan fingerprint density at radius 1 is 1.35 bits per heavy atom. The van der Waals surface area contributed by atoms with E-state index in [4.69, 9.17) is 10.6 Å². The van der Waals surface area contributed by atoms with Gasteiger partial charge in [-0.2, -0.15) is 0 Å². The first-order chi connectivity index (χ1) is 8.04. The maximum absolute atomic E-state index is 12.1. The van der Waals surface area contributed by atoms with E-state index in [1.165, 1.54) is 7.11 Å². The second-order valence-corrected chi connectivity index (χ2v) is 3.77. The average Bonchev–Trinajstić information content (AvgIpc) is 2.29. The molecule has 0 saturated carbocycles. The molecule has 1 heterocycles. The molecule has 1 amide bonds. The molecular weight excluding hydrogens is 220 g/mol. The Bertz CT molecular complexity index is 659. The molecule has 88 valence electrons. The quantitative estimate of drug-likeness (QED) is 0.817. The summed E-state index contributed by atoms with van der Waals surface area (Å²) in [4.78, 5) is 28.2. The number of primary amides is 1. The third kappa shape index (κ3) is 1.75. The smallest absolute Gasteiger partial charge is 0.291 e. The zero-order chi connectivity index (χ0) is 12.6. The molecule has 1 aromatic carbocycles. The summed E-state index contributed by atoms with van der Waals surface area (Å²) in [5.74, 6) is -0.702. The summed E-state index contributed by atoms with van der Waals surface area (Å²) in [5.41, 5.74) is 5.81. The minimum Gasteiger partial charge on any atom is -0.413 e. The van der Waals surface area contributed by atoms with Gasteiger partial charge in [0.2, 0.25) is 0 Å². The van der Waals surface area contributed by atoms with E-state index in [1.54, 1.807) is 18.2 Å². The number of fused-ring (bicyclic) bond motifs is 1. The van der Waals surface area contributed by atoms with Crippen molar-refractivity contribution in [3.05, 3.63) is 45.9 Å². The van der Waals surface area contributed by atoms with E-state index in [0.717, 1.165) is 10.3 Å². The summed E-state index contributed by atoms with van der Waals surface area (Å²) in [6, 6.07) is 6.93. The van der Waals surface area contributed by atoms with Crippen molar-refractivity contribution in [3.8, 4) is 0 Å². The van der Waals surface area contributed by atoms with Crippen molar-refractivity contribution in [2.45, 2.75) is 6.92 Å². The second kappa shape index (κ2) is 3.93. The highest BCUT2D eigenvalue weighted by molar-refractivity contribution is 5.95. The fraction of sp³-hybridized carbons (Fsp3) is 0.167. The second-order valence-electron chi connectivity index (χ2n) is 3.77. The summed E-state index contributed by atoms with van der Waals surface area (Å²) in [6.07, 6.45) is 0. The topological polar surface area (TPSA) is 74.3 Å². The first kappa shape index (κ1) is 11.2. The van der Waals surface area contributed by atoms with Gasteiger partial charge in [-0.15, -0.1) is 4.73 Å². The summed E-state index contributed by atoms with van der Waals surface area (Å²) in [6.45, 7) is 1.89. The van der Waals surface area contributed by atoms with Crippen LogP contribution in [0.15, 0.2) is 29.1 Å². The van der Waals surface area contributed by atoms with Crippen LogP contribution in [0.5, 0.6) is 0 Å². The van der Waals surface area contributed by atoms with Gasteiger partial charge in [-0.3, -0.25) is 9.59 Å². The lowest BCUT2D eigenvalue weighted by Gasteiger charge is -2.10. The zero-order valence-corrected chi connectivity index (χ0v) is 9.56. The lowest BCUT2D eigenvalue weighted by atomic mass is 10.1. The van der Waals surface area contributed by atoms with Gasteiger partial charge in [0.1, 0.15) is 12.8 Å². The number of benzene rings is 1. The van der Waals surface area contributed by atoms with E-state index in [-0.39, 0.29) is 11.3 Å². The van der Waals surface area contributed by atoms with Crippen LogP contribution in [0, 0.1) is 6.92 Å². The summed E-state index contributed by atoms with van der Waals surface area (Å²) in [5, 5.41) is 1.17. The maximum Gasteiger partial charge on any atom is 0.291 e. The van der Waals surface area contributed by atoms with Gasteiger partial charge in [0, 0.05) is 0 Å². The van der Waals surface area contributed by atoms with Gasteiger partial charge in [-0.1, -0.05) is 17.7 Å². The molecule has 0 atom stereocenters. The molecule has 0 aliphatic heterocycles. The Morgan fingerprint density at radius 2 is 2.06 bits per heavy atom. The molecule has 0 aliphatic carbocycles. The number of amides is 1. The van der Waals surface area contributed by atoms with Crippen LogP contribution in [0.1, 0.15) is 16.1 Å². The van der Waals surface area contributed by atoms with E-state index < -0.39 is 5.91 Å². The van der Waals surface area contributed by atoms with Crippen LogP contribution in [0.25, 0.3) is 10.8 Å². The first-order valence-corrected chi connectivity index (χ1v) is 5.05. The molecule has 2 N–H and O–H groups in total. The fourth-order valence-electron chi connectivity index (χ4n) is 1.76. The predicted molar refractivity (Wildman–Crippen MR) is 64.0 cm³/mol. The monoisotopic (exact) mass is 232 g/mol. The Morgan fingerprint density at radius 3 is 2.65 bits per heavy atom. The normalized spacial score (nSPS) is 10.5. The van der Waals surface area contributed by atoms with Crippen molar-refractivity contribution in [3.63, 3.8) is 0 Å². The highest BCUT2D eigenvalue weighted by Gasteiger charge is 2.13. The van der Waals surface area contributed by atoms with Crippen molar-refractivity contribution < 1.29 is 9.63 Å². The highest BCUT2D eigenvalue weighted by atomic mass is 16.6. The Kier molecular flexibility index (Phi) is 2.59. The number of carbonyl (C=O) groups excluding carboxylic acids is 1. The van der Waals surface area contributed by atoms with Gasteiger partial charge in [-0.05, 0) is 24.4 Å². The molecule has 0 aliphatic rings. The molecule has 0 bridgehead atoms. The summed E-state index contributed by atoms with van der Waals surface area (Å²) < 4.78 is 0.907. The number of aromatic nitrogens is 1. The molecule has 0 radical (unpaired) electrons. The summed E-state index contributed by atoms with van der Waals surface area (Å²) >= 11 is 0. The van der Waals surface area contributed by atoms with Gasteiger partial charge in [-0.25, -0.2) is 0 Å². The van der Waals surface area contributed by atoms with Crippen LogP contribution in [-0.4, -0.2) is 17.7 Å². The molecule has 0 saturated heterocycles. The molecular formula is C12H12N2O3. The number of pyridine rings is 1. The minimum atomic E-state index is -0.702. The lowest BCUT2D eigenvalue weighted by molar-refractivity contribution is 0.0930. The van der Waals surface area contributed by atoms with Gasteiger partial charge in [0.15, 0.2) is 0 Å². The van der Waals surface area contributed by atoms with Crippen LogP contribution in [0.4, 0.5) is 0 Å². The molecule has 2 rings (SSSR count). The van der Waals surface area contributed by atoms with Crippen LogP contribution >= 0.6 is 0 Å². The lowest BCUT2D eigenvalue weighted by Crippen LogP contribution is -2.32. The van der Waals surface area contributed by atoms with Crippen molar-refractivity contribution in [2.24, 2.45) is 5.73 Å². The number of nitrogens with zero attached hydrogens (tertiary/aromatic N) is 1. The van der Waals surface area contributed by atoms with Crippen molar-refractivity contribution in [1.82, 2.24) is 4.73 Å². The predicted octanol–water partition coefficient (Wildman–Crippen LogP) is 0.467. The van der Waals surface area contributed by atoms with Crippen molar-refractivity contribution >= 4 is 16.7 Å². The van der Waals surface area contributed by atoms with E-state index in [0.29, 0.717) is 10.8 Å². The van der Waals surface area contributed by atoms with Crippen LogP contribution in [0.2, 0.25) is 0 Å². The summed E-state index contributed by atoms with van der Waals surface area (Å²) in [7, 11) is 1.31. The Balaban J connectivity index is 2.93. The molecule has 0 spiro atoms. The van der Waals surface area contributed by atoms with E-state index >= 15 is 0 Å². The number of carbonyl (C=O) groups is 1. The van der Waals surface area contributed by atoms with Crippen LogP contribution < -0.4 is 16.1 Å². The van der Waals surface area contributed by atoms with Gasteiger partial charge in [0.25, 0.3) is 11.5 Å². The van der Waals surface area contributed by atoms with E-state index in [2.05, 4.69) is 0 Å². The van der Waals surface area contributed by atoms with Crippen molar-refractivity contribution in [2.75, 3.05) is 7.11 Å². The molecule has 0 fully saturated rings. The molecule has 5 heteroatoms. The SMILES string of the molecule is COn1c(C(N)=O)cc2ccc(C)cc2c1=O. The first-order valence-electron chi connectivity index (χ1n) is 5.05. The van der Waals surface area contributed by atoms with Gasteiger partial charge in [0.05, 0.1) is 5.39 Å². The average molecular weight is 232 g/mol. The van der Waals surface area contributed by atoms with Crippen molar-refractivity contribution in [1.29, 1.82) is 0 Å². The van der Waals surface area contributed by atoms with Crippen LogP contribution in [-0.2, 0) is 0 Å². The van der Waals surface area contributed by atoms with Crippen LogP contribution in [0.3, 0.4) is 0 Å². The molecule has 17 heavy (non-hydrogen) atoms. The number of hydrogen-bond donors (Lipinski definition) is 1. The van der Waals surface area contributed by atoms with Gasteiger partial charge >= 0.3 is 0 Å². The van der Waals surface area contributed by atoms with Gasteiger partial charge < -0.3 is 10.6 Å². The molecule has 2 aromatic rings. The standard InChI is InChI=1S/C12H12N2O3/c1-7-3-4-8-6-10(11(13)15)14(17-2)12(16)9(8)5-7/h3-6H,1-2H3,(H2,13,15). The fourth-order valence-corrected chi connectivity index (χ4v) is 1.76. The number of nitrogens with two attached hydrogens (primary N) is 1. The molecule has 0 unspecified atom stereocenters. The highest BCUT2D eigenvalue weighted by Crippen LogP contribution is 2.13. The van der Waals surface area contributed by atoms with E-state index in [9.17, 15) is 9.59 Å². The largest absolute Gasteiger partial charge is 0.413 e. The number of hydrogen-bond acceptors (Lipinski definition) is 3. The Hall–Kier alpha value is -2.30. The third-order valence-corrected chi connectivity index (χ3v) is 2.57. The Labute approximate surface area is 97.4 Å². The minimum absolute atomic E-state index is 0.0360. The zero-order valence-electron chi connectivity index (χ0n) is 9.56. The molecule has 5 nitrogen and oxygen atoms in total. The number of rotatable bonds is 2. The third-order valence-electron chi connectivity index (χ3n) is 2.57. The molecule has 1 aromatic heterocycles.